The van der Waals surface area contributed by atoms with Gasteiger partial charge in [0.15, 0.2) is 0 Å². The number of hydrogen-bond donors (Lipinski definition) is 0. The molecule has 1 aromatic carbocycles. The third-order valence-electron chi connectivity index (χ3n) is 2.11. The van der Waals surface area contributed by atoms with Gasteiger partial charge in [-0.1, -0.05) is 18.2 Å². The summed E-state index contributed by atoms with van der Waals surface area (Å²) in [7, 11) is 3.97. The van der Waals surface area contributed by atoms with Crippen molar-refractivity contribution in [3.05, 3.63) is 35.9 Å². The lowest BCUT2D eigenvalue weighted by molar-refractivity contribution is -0.107. The van der Waals surface area contributed by atoms with Gasteiger partial charge in [-0.2, -0.15) is 0 Å². The second-order valence-electron chi connectivity index (χ2n) is 3.83. The molecule has 0 saturated carbocycles. The monoisotopic (exact) mass is 253 g/mol. The highest BCUT2D eigenvalue weighted by Crippen LogP contribution is 2.19. The first-order valence-corrected chi connectivity index (χ1v) is 5.71. The van der Waals surface area contributed by atoms with Crippen molar-refractivity contribution >= 4 is 22.9 Å². The predicted molar refractivity (Wildman–Crippen MR) is 70.4 cm³/mol. The number of likely N-dealkylation sites (N-methyl/N-ethyl adjacent to an activating group) is 1. The highest BCUT2D eigenvalue weighted by atomic mass is 35.5. The molecule has 0 bridgehead atoms. The number of para-hydroxylation sites is 1. The summed E-state index contributed by atoms with van der Waals surface area (Å²) >= 11 is 5.25. The highest BCUT2D eigenvalue weighted by molar-refractivity contribution is 6.66. The van der Waals surface area contributed by atoms with Gasteiger partial charge < -0.3 is 9.64 Å². The van der Waals surface area contributed by atoms with E-state index in [4.69, 9.17) is 16.3 Å². The van der Waals surface area contributed by atoms with Crippen molar-refractivity contribution in [3.8, 4) is 5.75 Å². The van der Waals surface area contributed by atoms with Gasteiger partial charge in [-0.25, -0.2) is 0 Å². The van der Waals surface area contributed by atoms with Gasteiger partial charge in [0.1, 0.15) is 12.4 Å². The van der Waals surface area contributed by atoms with E-state index in [2.05, 4.69) is 0 Å². The fourth-order valence-corrected chi connectivity index (χ4v) is 1.31. The first-order valence-electron chi connectivity index (χ1n) is 5.33. The van der Waals surface area contributed by atoms with Gasteiger partial charge in [0.05, 0.1) is 0 Å². The normalized spacial score (nSPS) is 11.1. The number of halogens is 1. The Kier molecular flexibility index (Phi) is 5.73. The summed E-state index contributed by atoms with van der Waals surface area (Å²) < 4.78 is 5.63. The van der Waals surface area contributed by atoms with E-state index in [1.54, 1.807) is 6.08 Å². The van der Waals surface area contributed by atoms with Crippen LogP contribution in [0.5, 0.6) is 5.75 Å². The molecular formula is C13H16ClNO2. The zero-order valence-electron chi connectivity index (χ0n) is 10.0. The zero-order valence-corrected chi connectivity index (χ0v) is 10.8. The van der Waals surface area contributed by atoms with Crippen molar-refractivity contribution in [1.82, 2.24) is 4.90 Å². The van der Waals surface area contributed by atoms with Gasteiger partial charge in [-0.15, -0.1) is 0 Å². The molecule has 1 aromatic rings. The number of rotatable bonds is 6. The Morgan fingerprint density at radius 1 is 1.41 bits per heavy atom. The Bertz CT molecular complexity index is 402. The molecule has 3 nitrogen and oxygen atoms in total. The number of benzene rings is 1. The van der Waals surface area contributed by atoms with Gasteiger partial charge in [0.25, 0.3) is 0 Å². The SMILES string of the molecule is CN(C)CCOc1ccccc1C=CC(=O)Cl. The van der Waals surface area contributed by atoms with Crippen LogP contribution in [-0.4, -0.2) is 37.4 Å². The van der Waals surface area contributed by atoms with E-state index in [1.165, 1.54) is 6.08 Å². The minimum Gasteiger partial charge on any atom is -0.492 e. The minimum absolute atomic E-state index is 0.493. The van der Waals surface area contributed by atoms with Crippen molar-refractivity contribution in [2.24, 2.45) is 0 Å². The average Bonchev–Trinajstić information content (AvgIpc) is 2.27. The smallest absolute Gasteiger partial charge is 0.245 e. The number of carbonyl (C=O) groups excluding carboxylic acids is 1. The van der Waals surface area contributed by atoms with Gasteiger partial charge in [0.2, 0.25) is 5.24 Å². The molecule has 17 heavy (non-hydrogen) atoms. The molecule has 0 unspecified atom stereocenters. The molecule has 0 aromatic heterocycles. The zero-order chi connectivity index (χ0) is 12.7. The Hall–Kier alpha value is -1.32. The van der Waals surface area contributed by atoms with E-state index in [0.29, 0.717) is 6.61 Å². The summed E-state index contributed by atoms with van der Waals surface area (Å²) in [5.41, 5.74) is 0.847. The number of allylic oxidation sites excluding steroid dienone is 1. The average molecular weight is 254 g/mol. The van der Waals surface area contributed by atoms with E-state index in [0.717, 1.165) is 17.9 Å². The van der Waals surface area contributed by atoms with Gasteiger partial charge in [-0.05, 0) is 43.9 Å². The Labute approximate surface area is 107 Å². The van der Waals surface area contributed by atoms with Crippen molar-refractivity contribution < 1.29 is 9.53 Å². The molecule has 0 atom stereocenters. The van der Waals surface area contributed by atoms with E-state index in [9.17, 15) is 4.79 Å². The first-order chi connectivity index (χ1) is 8.09. The first kappa shape index (κ1) is 13.7. The van der Waals surface area contributed by atoms with Crippen LogP contribution in [0.3, 0.4) is 0 Å². The molecule has 1 rings (SSSR count). The van der Waals surface area contributed by atoms with E-state index in [1.807, 2.05) is 43.3 Å². The second kappa shape index (κ2) is 7.09. The molecule has 0 fully saturated rings. The molecule has 4 heteroatoms. The standard InChI is InChI=1S/C13H16ClNO2/c1-15(2)9-10-17-12-6-4-3-5-11(12)7-8-13(14)16/h3-8H,9-10H2,1-2H3. The molecule has 0 amide bonds. The largest absolute Gasteiger partial charge is 0.492 e. The van der Waals surface area contributed by atoms with Crippen LogP contribution in [0.1, 0.15) is 5.56 Å². The van der Waals surface area contributed by atoms with Crippen LogP contribution < -0.4 is 4.74 Å². The van der Waals surface area contributed by atoms with Crippen molar-refractivity contribution in [2.45, 2.75) is 0 Å². The van der Waals surface area contributed by atoms with Crippen LogP contribution in [0.2, 0.25) is 0 Å². The van der Waals surface area contributed by atoms with Crippen LogP contribution in [0.15, 0.2) is 30.3 Å². The van der Waals surface area contributed by atoms with Gasteiger partial charge in [-0.3, -0.25) is 4.79 Å². The molecular weight excluding hydrogens is 238 g/mol. The topological polar surface area (TPSA) is 29.5 Å². The third kappa shape index (κ3) is 5.52. The highest BCUT2D eigenvalue weighted by Gasteiger charge is 2.00. The summed E-state index contributed by atoms with van der Waals surface area (Å²) in [6, 6.07) is 7.53. The number of hydrogen-bond acceptors (Lipinski definition) is 3. The summed E-state index contributed by atoms with van der Waals surface area (Å²) in [5.74, 6) is 0.753. The van der Waals surface area contributed by atoms with Crippen LogP contribution >= 0.6 is 11.6 Å². The van der Waals surface area contributed by atoms with Crippen LogP contribution in [-0.2, 0) is 4.79 Å². The molecule has 0 aliphatic rings. The summed E-state index contributed by atoms with van der Waals surface area (Å²) in [5, 5.41) is -0.493. The Balaban J connectivity index is 2.67. The van der Waals surface area contributed by atoms with Gasteiger partial charge >= 0.3 is 0 Å². The summed E-state index contributed by atoms with van der Waals surface area (Å²) in [4.78, 5) is 12.7. The lowest BCUT2D eigenvalue weighted by atomic mass is 10.2. The third-order valence-corrected chi connectivity index (χ3v) is 2.23. The summed E-state index contributed by atoms with van der Waals surface area (Å²) in [6.07, 6.45) is 2.97. The maximum Gasteiger partial charge on any atom is 0.245 e. The summed E-state index contributed by atoms with van der Waals surface area (Å²) in [6.45, 7) is 1.44. The van der Waals surface area contributed by atoms with E-state index < -0.39 is 5.24 Å². The van der Waals surface area contributed by atoms with E-state index >= 15 is 0 Å². The molecule has 0 heterocycles. The van der Waals surface area contributed by atoms with Crippen LogP contribution in [0.25, 0.3) is 6.08 Å². The molecule has 0 spiro atoms. The molecule has 0 saturated heterocycles. The van der Waals surface area contributed by atoms with Gasteiger partial charge in [0, 0.05) is 12.1 Å². The Morgan fingerprint density at radius 2 is 2.12 bits per heavy atom. The van der Waals surface area contributed by atoms with Crippen molar-refractivity contribution in [1.29, 1.82) is 0 Å². The molecule has 0 radical (unpaired) electrons. The molecule has 0 aliphatic heterocycles. The minimum atomic E-state index is -0.493. The van der Waals surface area contributed by atoms with Crippen molar-refractivity contribution in [3.63, 3.8) is 0 Å². The lowest BCUT2D eigenvalue weighted by Gasteiger charge is -2.12. The predicted octanol–water partition coefficient (Wildman–Crippen LogP) is 2.41. The Morgan fingerprint density at radius 3 is 2.76 bits per heavy atom. The fourth-order valence-electron chi connectivity index (χ4n) is 1.24. The maximum atomic E-state index is 10.7. The quantitative estimate of drug-likeness (QED) is 0.576. The lowest BCUT2D eigenvalue weighted by Crippen LogP contribution is -2.19. The fraction of sp³-hybridized carbons (Fsp3) is 0.308. The van der Waals surface area contributed by atoms with Crippen molar-refractivity contribution in [2.75, 3.05) is 27.2 Å². The second-order valence-corrected chi connectivity index (χ2v) is 4.20. The van der Waals surface area contributed by atoms with Crippen LogP contribution in [0, 0.1) is 0 Å². The molecule has 0 N–H and O–H groups in total. The molecule has 92 valence electrons. The maximum absolute atomic E-state index is 10.7. The number of carbonyl (C=O) groups is 1. The van der Waals surface area contributed by atoms with Crippen LogP contribution in [0.4, 0.5) is 0 Å². The molecule has 0 aliphatic carbocycles. The van der Waals surface area contributed by atoms with E-state index in [-0.39, 0.29) is 0 Å². The number of nitrogens with zero attached hydrogens (tertiary/aromatic N) is 1. The number of ether oxygens (including phenoxy) is 1.